The molecule has 282 valence electrons. The van der Waals surface area contributed by atoms with E-state index in [-0.39, 0.29) is 13.2 Å². The molecule has 3 saturated heterocycles. The number of aliphatic hydroxyl groups is 1. The van der Waals surface area contributed by atoms with Gasteiger partial charge in [0.05, 0.1) is 39.1 Å². The molecule has 4 aromatic carbocycles. The largest absolute Gasteiger partial charge is 0.387 e. The van der Waals surface area contributed by atoms with Crippen LogP contribution in [0.15, 0.2) is 121 Å². The van der Waals surface area contributed by atoms with Crippen molar-refractivity contribution in [3.05, 3.63) is 144 Å². The van der Waals surface area contributed by atoms with Crippen LogP contribution in [0.3, 0.4) is 0 Å². The zero-order chi connectivity index (χ0) is 36.4. The average molecular weight is 792 g/mol. The molecule has 0 radical (unpaired) electrons. The van der Waals surface area contributed by atoms with E-state index in [0.29, 0.717) is 25.2 Å². The number of aliphatic hydroxyl groups excluding tert-OH is 1. The van der Waals surface area contributed by atoms with E-state index in [1.165, 1.54) is 0 Å². The summed E-state index contributed by atoms with van der Waals surface area (Å²) < 4.78 is 58.4. The van der Waals surface area contributed by atoms with Crippen molar-refractivity contribution in [1.82, 2.24) is 0 Å². The molecule has 53 heavy (non-hydrogen) atoms. The van der Waals surface area contributed by atoms with E-state index in [1.54, 1.807) is 0 Å². The lowest BCUT2D eigenvalue weighted by Crippen LogP contribution is -2.66. The van der Waals surface area contributed by atoms with Crippen LogP contribution >= 0.6 is 15.9 Å². The van der Waals surface area contributed by atoms with Crippen LogP contribution < -0.4 is 0 Å². The monoisotopic (exact) mass is 790 g/mol. The SMILES string of the molecule is C[C@@H]1O[C@@H](O[C@H]2[C@@H](OCCBr)O[C@@H]3COC(c4ccccc4)O[C@@H]3[C@@H]2O)[C@@H](OCc2ccccc2)[C@H](OCc2ccccc2)[C@@H]1OCc1ccccc1. The Morgan fingerprint density at radius 2 is 1.13 bits per heavy atom. The molecule has 3 heterocycles. The second-order valence-electron chi connectivity index (χ2n) is 13.4. The Morgan fingerprint density at radius 1 is 0.604 bits per heavy atom. The van der Waals surface area contributed by atoms with Crippen molar-refractivity contribution in [2.45, 2.75) is 94.4 Å². The highest BCUT2D eigenvalue weighted by atomic mass is 79.9. The summed E-state index contributed by atoms with van der Waals surface area (Å²) in [5.41, 5.74) is 3.84. The topological polar surface area (TPSA) is 103 Å². The zero-order valence-corrected chi connectivity index (χ0v) is 31.2. The van der Waals surface area contributed by atoms with Crippen molar-refractivity contribution < 1.29 is 47.7 Å². The molecule has 0 aromatic heterocycles. The molecule has 10 nitrogen and oxygen atoms in total. The summed E-state index contributed by atoms with van der Waals surface area (Å²) in [7, 11) is 0. The molecular weight excluding hydrogens is 744 g/mol. The van der Waals surface area contributed by atoms with E-state index >= 15 is 0 Å². The fourth-order valence-electron chi connectivity index (χ4n) is 6.92. The molecule has 3 aliphatic rings. The maximum atomic E-state index is 12.0. The van der Waals surface area contributed by atoms with Gasteiger partial charge < -0.3 is 47.7 Å². The van der Waals surface area contributed by atoms with Gasteiger partial charge in [-0.3, -0.25) is 0 Å². The first-order chi connectivity index (χ1) is 26.1. The average Bonchev–Trinajstić information content (AvgIpc) is 3.21. The van der Waals surface area contributed by atoms with Gasteiger partial charge in [-0.1, -0.05) is 137 Å². The van der Waals surface area contributed by atoms with Crippen LogP contribution in [0.1, 0.15) is 35.5 Å². The lowest BCUT2D eigenvalue weighted by Gasteiger charge is -2.50. The van der Waals surface area contributed by atoms with Gasteiger partial charge in [-0.2, -0.15) is 0 Å². The molecule has 11 atom stereocenters. The standard InChI is InChI=1S/C42H47BrO10/c1-28-35(46-24-29-14-6-2-7-15-29)38(47-25-30-16-8-3-9-17-30)39(48-26-31-18-10-4-11-19-31)42(50-28)53-37-34(44)36-33(51-41(37)45-23-22-43)27-49-40(52-36)32-20-12-5-13-21-32/h2-21,28,33-42,44H,22-27H2,1H3/t28-,33+,34-,35+,36-,37+,38+,39-,40?,41-,42-/m0/s1. The minimum atomic E-state index is -1.16. The Morgan fingerprint density at radius 3 is 1.70 bits per heavy atom. The first-order valence-corrected chi connectivity index (χ1v) is 19.3. The summed E-state index contributed by atoms with van der Waals surface area (Å²) in [5.74, 6) is 0. The van der Waals surface area contributed by atoms with Crippen molar-refractivity contribution in [3.63, 3.8) is 0 Å². The lowest BCUT2D eigenvalue weighted by atomic mass is 9.96. The third-order valence-electron chi connectivity index (χ3n) is 9.61. The van der Waals surface area contributed by atoms with E-state index in [2.05, 4.69) is 15.9 Å². The van der Waals surface area contributed by atoms with Crippen molar-refractivity contribution in [2.24, 2.45) is 0 Å². The van der Waals surface area contributed by atoms with Gasteiger partial charge in [0.15, 0.2) is 18.9 Å². The predicted octanol–water partition coefficient (Wildman–Crippen LogP) is 6.48. The van der Waals surface area contributed by atoms with Gasteiger partial charge in [0.1, 0.15) is 42.7 Å². The van der Waals surface area contributed by atoms with Crippen molar-refractivity contribution in [3.8, 4) is 0 Å². The molecular formula is C42H47BrO10. The minimum Gasteiger partial charge on any atom is -0.387 e. The zero-order valence-electron chi connectivity index (χ0n) is 29.6. The molecule has 0 saturated carbocycles. The number of benzene rings is 4. The van der Waals surface area contributed by atoms with Crippen molar-refractivity contribution >= 4 is 15.9 Å². The molecule has 3 fully saturated rings. The third-order valence-corrected chi connectivity index (χ3v) is 9.94. The predicted molar refractivity (Wildman–Crippen MR) is 199 cm³/mol. The van der Waals surface area contributed by atoms with Crippen LogP contribution in [0, 0.1) is 0 Å². The van der Waals surface area contributed by atoms with Gasteiger partial charge in [-0.25, -0.2) is 0 Å². The highest BCUT2D eigenvalue weighted by molar-refractivity contribution is 9.09. The Balaban J connectivity index is 1.17. The van der Waals surface area contributed by atoms with Gasteiger partial charge >= 0.3 is 0 Å². The molecule has 7 rings (SSSR count). The minimum absolute atomic E-state index is 0.206. The van der Waals surface area contributed by atoms with Crippen LogP contribution in [-0.2, 0) is 62.5 Å². The van der Waals surface area contributed by atoms with Gasteiger partial charge in [-0.05, 0) is 23.6 Å². The van der Waals surface area contributed by atoms with E-state index in [9.17, 15) is 5.11 Å². The van der Waals surface area contributed by atoms with Gasteiger partial charge in [-0.15, -0.1) is 0 Å². The summed E-state index contributed by atoms with van der Waals surface area (Å²) in [5, 5.41) is 12.6. The van der Waals surface area contributed by atoms with Crippen LogP contribution in [0.2, 0.25) is 0 Å². The summed E-state index contributed by atoms with van der Waals surface area (Å²) in [6.45, 7) is 3.38. The Bertz CT molecular complexity index is 1640. The normalized spacial score (nSPS) is 31.5. The van der Waals surface area contributed by atoms with Crippen LogP contribution in [0.4, 0.5) is 0 Å². The van der Waals surface area contributed by atoms with Crippen LogP contribution in [-0.4, -0.2) is 85.1 Å². The maximum Gasteiger partial charge on any atom is 0.187 e. The highest BCUT2D eigenvalue weighted by Crippen LogP contribution is 2.38. The summed E-state index contributed by atoms with van der Waals surface area (Å²) in [6, 6.07) is 39.5. The third kappa shape index (κ3) is 9.80. The fourth-order valence-corrected chi connectivity index (χ4v) is 7.11. The van der Waals surface area contributed by atoms with Crippen LogP contribution in [0.25, 0.3) is 0 Å². The van der Waals surface area contributed by atoms with E-state index in [0.717, 1.165) is 22.3 Å². The number of ether oxygens (including phenoxy) is 9. The van der Waals surface area contributed by atoms with E-state index < -0.39 is 67.7 Å². The number of rotatable bonds is 15. The van der Waals surface area contributed by atoms with Gasteiger partial charge in [0, 0.05) is 10.9 Å². The second-order valence-corrected chi connectivity index (χ2v) is 14.2. The maximum absolute atomic E-state index is 12.0. The Hall–Kier alpha value is -3.04. The van der Waals surface area contributed by atoms with E-state index in [4.69, 9.17) is 42.6 Å². The number of halogens is 1. The highest BCUT2D eigenvalue weighted by Gasteiger charge is 2.54. The van der Waals surface area contributed by atoms with Gasteiger partial charge in [0.2, 0.25) is 0 Å². The summed E-state index contributed by atoms with van der Waals surface area (Å²) in [6.07, 6.45) is -8.59. The number of alkyl halides is 1. The molecule has 0 spiro atoms. The molecule has 4 aromatic rings. The lowest BCUT2D eigenvalue weighted by molar-refractivity contribution is -0.396. The number of hydrogen-bond acceptors (Lipinski definition) is 10. The molecule has 0 amide bonds. The first-order valence-electron chi connectivity index (χ1n) is 18.2. The first kappa shape index (κ1) is 38.2. The second kappa shape index (κ2) is 19.0. The molecule has 1 unspecified atom stereocenters. The molecule has 0 bridgehead atoms. The quantitative estimate of drug-likeness (QED) is 0.135. The summed E-state index contributed by atoms with van der Waals surface area (Å²) in [4.78, 5) is 0. The summed E-state index contributed by atoms with van der Waals surface area (Å²) >= 11 is 3.45. The van der Waals surface area contributed by atoms with Crippen molar-refractivity contribution in [1.29, 1.82) is 0 Å². The fraction of sp³-hybridized carbons (Fsp3) is 0.429. The molecule has 0 aliphatic carbocycles. The molecule has 3 aliphatic heterocycles. The smallest absolute Gasteiger partial charge is 0.187 e. The van der Waals surface area contributed by atoms with Gasteiger partial charge in [0.25, 0.3) is 0 Å². The van der Waals surface area contributed by atoms with E-state index in [1.807, 2.05) is 128 Å². The van der Waals surface area contributed by atoms with Crippen LogP contribution in [0.5, 0.6) is 0 Å². The molecule has 1 N–H and O–H groups in total. The molecule has 11 heteroatoms. The Kier molecular flexibility index (Phi) is 13.7. The Labute approximate surface area is 319 Å². The number of fused-ring (bicyclic) bond motifs is 1. The van der Waals surface area contributed by atoms with Crippen molar-refractivity contribution in [2.75, 3.05) is 18.5 Å². The number of hydrogen-bond donors (Lipinski definition) is 1.